The second-order valence-electron chi connectivity index (χ2n) is 12.7. The molecule has 2 atom stereocenters. The standard InChI is InChI=1S/C32H41N5O3/c1-31(2)16-23(17-32(3,4)21-31)15-26(35-28-25-13-9-10-14-27(25)37(5)30(39)36-28)29(38)34-24(18-33)20-40-19-22-11-7-6-8-12-22/h6-14,23-24,26H,15-17,19-21H2,1-5H3,(H,34,38)(H,35,36,39). The molecule has 2 aromatic carbocycles. The van der Waals surface area contributed by atoms with Crippen LogP contribution in [0.25, 0.3) is 10.9 Å². The van der Waals surface area contributed by atoms with E-state index in [1.165, 1.54) is 4.57 Å². The van der Waals surface area contributed by atoms with E-state index in [9.17, 15) is 14.9 Å². The van der Waals surface area contributed by atoms with Crippen molar-refractivity contribution < 1.29 is 9.53 Å². The molecule has 0 saturated heterocycles. The Bertz CT molecular complexity index is 1410. The minimum absolute atomic E-state index is 0.0698. The lowest BCUT2D eigenvalue weighted by Gasteiger charge is -2.45. The molecule has 0 aliphatic heterocycles. The van der Waals surface area contributed by atoms with Crippen LogP contribution in [0.4, 0.5) is 5.82 Å². The molecule has 0 bridgehead atoms. The highest BCUT2D eigenvalue weighted by Gasteiger charge is 2.40. The highest BCUT2D eigenvalue weighted by molar-refractivity contribution is 5.92. The van der Waals surface area contributed by atoms with Gasteiger partial charge < -0.3 is 15.4 Å². The van der Waals surface area contributed by atoms with Gasteiger partial charge in [-0.25, -0.2) is 4.79 Å². The topological polar surface area (TPSA) is 109 Å². The molecule has 2 unspecified atom stereocenters. The monoisotopic (exact) mass is 543 g/mol. The molecule has 8 heteroatoms. The van der Waals surface area contributed by atoms with Gasteiger partial charge in [-0.2, -0.15) is 10.2 Å². The highest BCUT2D eigenvalue weighted by Crippen LogP contribution is 2.49. The number of rotatable bonds is 10. The van der Waals surface area contributed by atoms with Crippen molar-refractivity contribution in [2.24, 2.45) is 23.8 Å². The molecule has 0 spiro atoms. The van der Waals surface area contributed by atoms with E-state index in [2.05, 4.69) is 49.4 Å². The zero-order valence-corrected chi connectivity index (χ0v) is 24.2. The van der Waals surface area contributed by atoms with Gasteiger partial charge in [0.1, 0.15) is 17.9 Å². The number of hydrogen-bond acceptors (Lipinski definition) is 6. The number of ether oxygens (including phenoxy) is 1. The molecule has 40 heavy (non-hydrogen) atoms. The average Bonchev–Trinajstić information content (AvgIpc) is 2.89. The first kappa shape index (κ1) is 29.3. The molecule has 1 aliphatic carbocycles. The lowest BCUT2D eigenvalue weighted by molar-refractivity contribution is -0.123. The van der Waals surface area contributed by atoms with Crippen LogP contribution < -0.4 is 16.3 Å². The molecular formula is C32H41N5O3. The summed E-state index contributed by atoms with van der Waals surface area (Å²) in [6.45, 7) is 9.57. The normalized spacial score (nSPS) is 18.0. The maximum Gasteiger partial charge on any atom is 0.349 e. The Balaban J connectivity index is 1.56. The van der Waals surface area contributed by atoms with Gasteiger partial charge in [-0.3, -0.25) is 9.36 Å². The molecule has 1 aromatic heterocycles. The number of amides is 1. The Morgan fingerprint density at radius 2 is 1.75 bits per heavy atom. The summed E-state index contributed by atoms with van der Waals surface area (Å²) < 4.78 is 7.25. The third-order valence-electron chi connectivity index (χ3n) is 7.72. The fourth-order valence-corrected chi connectivity index (χ4v) is 6.63. The van der Waals surface area contributed by atoms with Crippen molar-refractivity contribution in [3.63, 3.8) is 0 Å². The lowest BCUT2D eigenvalue weighted by Crippen LogP contribution is -2.48. The maximum absolute atomic E-state index is 13.7. The number of carbonyl (C=O) groups is 1. The lowest BCUT2D eigenvalue weighted by atomic mass is 9.60. The summed E-state index contributed by atoms with van der Waals surface area (Å²) in [4.78, 5) is 30.7. The van der Waals surface area contributed by atoms with Gasteiger partial charge in [0.25, 0.3) is 0 Å². The van der Waals surface area contributed by atoms with Gasteiger partial charge in [-0.1, -0.05) is 70.2 Å². The van der Waals surface area contributed by atoms with E-state index in [0.717, 1.165) is 35.7 Å². The van der Waals surface area contributed by atoms with Crippen molar-refractivity contribution in [2.45, 2.75) is 72.1 Å². The number of nitrogens with one attached hydrogen (secondary N) is 2. The van der Waals surface area contributed by atoms with Crippen molar-refractivity contribution in [2.75, 3.05) is 11.9 Å². The van der Waals surface area contributed by atoms with Crippen molar-refractivity contribution in [1.82, 2.24) is 14.9 Å². The first-order valence-corrected chi connectivity index (χ1v) is 14.0. The number of aromatic nitrogens is 2. The summed E-state index contributed by atoms with van der Waals surface area (Å²) in [7, 11) is 1.69. The fraction of sp³-hybridized carbons (Fsp3) is 0.500. The summed E-state index contributed by atoms with van der Waals surface area (Å²) >= 11 is 0. The van der Waals surface area contributed by atoms with Crippen LogP contribution >= 0.6 is 0 Å². The van der Waals surface area contributed by atoms with Crippen LogP contribution in [0.15, 0.2) is 59.4 Å². The van der Waals surface area contributed by atoms with Gasteiger partial charge in [0.2, 0.25) is 5.91 Å². The number of nitriles is 1. The van der Waals surface area contributed by atoms with E-state index >= 15 is 0 Å². The Morgan fingerprint density at radius 1 is 1.10 bits per heavy atom. The molecule has 2 N–H and O–H groups in total. The average molecular weight is 544 g/mol. The van der Waals surface area contributed by atoms with Crippen molar-refractivity contribution in [1.29, 1.82) is 5.26 Å². The van der Waals surface area contributed by atoms with Crippen LogP contribution in [0.5, 0.6) is 0 Å². The number of fused-ring (bicyclic) bond motifs is 1. The van der Waals surface area contributed by atoms with E-state index in [1.807, 2.05) is 54.6 Å². The van der Waals surface area contributed by atoms with Gasteiger partial charge in [0.15, 0.2) is 0 Å². The molecule has 1 fully saturated rings. The second-order valence-corrected chi connectivity index (χ2v) is 12.7. The first-order valence-electron chi connectivity index (χ1n) is 14.0. The first-order chi connectivity index (χ1) is 19.0. The van der Waals surface area contributed by atoms with Crippen molar-refractivity contribution in [3.05, 3.63) is 70.6 Å². The van der Waals surface area contributed by atoms with E-state index in [0.29, 0.717) is 18.8 Å². The smallest absolute Gasteiger partial charge is 0.349 e. The summed E-state index contributed by atoms with van der Waals surface area (Å²) in [5.74, 6) is 0.360. The maximum atomic E-state index is 13.7. The zero-order chi connectivity index (χ0) is 28.9. The van der Waals surface area contributed by atoms with Gasteiger partial charge in [0, 0.05) is 12.4 Å². The minimum atomic E-state index is -0.812. The Kier molecular flexibility index (Phi) is 8.95. The van der Waals surface area contributed by atoms with Crippen LogP contribution in [0.3, 0.4) is 0 Å². The number of benzene rings is 2. The fourth-order valence-electron chi connectivity index (χ4n) is 6.63. The second kappa shape index (κ2) is 12.2. The number of aryl methyl sites for hydroxylation is 1. The molecule has 4 rings (SSSR count). The molecule has 1 saturated carbocycles. The third-order valence-corrected chi connectivity index (χ3v) is 7.72. The van der Waals surface area contributed by atoms with Gasteiger partial charge in [-0.05, 0) is 60.1 Å². The van der Waals surface area contributed by atoms with E-state index in [-0.39, 0.29) is 29.3 Å². The summed E-state index contributed by atoms with van der Waals surface area (Å²) in [6, 6.07) is 17.9. The van der Waals surface area contributed by atoms with Crippen molar-refractivity contribution >= 4 is 22.6 Å². The molecule has 1 heterocycles. The number of nitrogens with zero attached hydrogens (tertiary/aromatic N) is 3. The van der Waals surface area contributed by atoms with E-state index in [1.54, 1.807) is 7.05 Å². The van der Waals surface area contributed by atoms with Crippen LogP contribution in [0.1, 0.15) is 58.9 Å². The number of carbonyl (C=O) groups excluding carboxylic acids is 1. The number of para-hydroxylation sites is 1. The summed E-state index contributed by atoms with van der Waals surface area (Å²) in [6.07, 6.45) is 3.67. The van der Waals surface area contributed by atoms with Crippen LogP contribution in [-0.4, -0.2) is 34.1 Å². The molecule has 3 aromatic rings. The largest absolute Gasteiger partial charge is 0.374 e. The number of anilines is 1. The van der Waals surface area contributed by atoms with Crippen molar-refractivity contribution in [3.8, 4) is 6.07 Å². The summed E-state index contributed by atoms with van der Waals surface area (Å²) in [5.41, 5.74) is 1.64. The molecular weight excluding hydrogens is 502 g/mol. The summed E-state index contributed by atoms with van der Waals surface area (Å²) in [5, 5.41) is 16.7. The molecule has 0 radical (unpaired) electrons. The molecule has 1 aliphatic rings. The van der Waals surface area contributed by atoms with E-state index < -0.39 is 17.8 Å². The van der Waals surface area contributed by atoms with Crippen LogP contribution in [-0.2, 0) is 23.2 Å². The van der Waals surface area contributed by atoms with Gasteiger partial charge in [0.05, 0.1) is 24.8 Å². The Hall–Kier alpha value is -3.70. The Labute approximate surface area is 236 Å². The minimum Gasteiger partial charge on any atom is -0.374 e. The highest BCUT2D eigenvalue weighted by atomic mass is 16.5. The zero-order valence-electron chi connectivity index (χ0n) is 24.2. The molecule has 8 nitrogen and oxygen atoms in total. The van der Waals surface area contributed by atoms with Gasteiger partial charge in [-0.15, -0.1) is 0 Å². The predicted molar refractivity (Wildman–Crippen MR) is 158 cm³/mol. The van der Waals surface area contributed by atoms with Crippen LogP contribution in [0, 0.1) is 28.1 Å². The number of hydrogen-bond donors (Lipinski definition) is 2. The third kappa shape index (κ3) is 7.48. The predicted octanol–water partition coefficient (Wildman–Crippen LogP) is 5.18. The van der Waals surface area contributed by atoms with Gasteiger partial charge >= 0.3 is 5.69 Å². The Morgan fingerprint density at radius 3 is 2.42 bits per heavy atom. The SMILES string of the molecule is Cn1c(=O)nc(NC(CC2CC(C)(C)CC(C)(C)C2)C(=O)NC(C#N)COCc2ccccc2)c2ccccc21. The molecule has 1 amide bonds. The quantitative estimate of drug-likeness (QED) is 0.365. The van der Waals surface area contributed by atoms with E-state index in [4.69, 9.17) is 4.74 Å². The molecule has 212 valence electrons. The van der Waals surface area contributed by atoms with Crippen LogP contribution in [0.2, 0.25) is 0 Å².